The Kier molecular flexibility index (Phi) is 6.21. The lowest BCUT2D eigenvalue weighted by Gasteiger charge is -2.35. The summed E-state index contributed by atoms with van der Waals surface area (Å²) in [4.78, 5) is 10.5. The van der Waals surface area contributed by atoms with Gasteiger partial charge in [-0.1, -0.05) is 26.7 Å². The van der Waals surface area contributed by atoms with Crippen molar-refractivity contribution in [3.05, 3.63) is 28.3 Å². The Labute approximate surface area is 137 Å². The van der Waals surface area contributed by atoms with E-state index < -0.39 is 4.92 Å². The SMILES string of the molecule is CCC(CC)C1CC(Nc2ccc([N+](=O)[O-])c(OC)c2)CCO1. The Balaban J connectivity index is 2.05. The van der Waals surface area contributed by atoms with Gasteiger partial charge in [0.05, 0.1) is 18.1 Å². The molecule has 0 aliphatic carbocycles. The first-order chi connectivity index (χ1) is 11.1. The first-order valence-electron chi connectivity index (χ1n) is 8.29. The van der Waals surface area contributed by atoms with Gasteiger partial charge >= 0.3 is 5.69 Å². The van der Waals surface area contributed by atoms with Gasteiger partial charge in [-0.2, -0.15) is 0 Å². The minimum atomic E-state index is -0.430. The van der Waals surface area contributed by atoms with E-state index in [4.69, 9.17) is 9.47 Å². The van der Waals surface area contributed by atoms with E-state index in [2.05, 4.69) is 19.2 Å². The lowest BCUT2D eigenvalue weighted by molar-refractivity contribution is -0.385. The molecule has 1 saturated heterocycles. The molecule has 128 valence electrons. The van der Waals surface area contributed by atoms with Gasteiger partial charge in [0.2, 0.25) is 0 Å². The minimum Gasteiger partial charge on any atom is -0.490 e. The zero-order valence-electron chi connectivity index (χ0n) is 14.1. The zero-order valence-corrected chi connectivity index (χ0v) is 14.1. The number of methoxy groups -OCH3 is 1. The Morgan fingerprint density at radius 1 is 1.43 bits per heavy atom. The fraction of sp³-hybridized carbons (Fsp3) is 0.647. The van der Waals surface area contributed by atoms with Crippen LogP contribution in [0.4, 0.5) is 11.4 Å². The smallest absolute Gasteiger partial charge is 0.311 e. The third-order valence-corrected chi connectivity index (χ3v) is 4.64. The summed E-state index contributed by atoms with van der Waals surface area (Å²) in [6.07, 6.45) is 4.44. The standard InChI is InChI=1S/C17H26N2O4/c1-4-12(5-2)16-10-14(8-9-23-16)18-13-6-7-15(19(20)21)17(11-13)22-3/h6-7,11-12,14,16,18H,4-5,8-10H2,1-3H3. The van der Waals surface area contributed by atoms with Crippen molar-refractivity contribution in [3.63, 3.8) is 0 Å². The molecule has 2 atom stereocenters. The lowest BCUT2D eigenvalue weighted by atomic mass is 9.89. The predicted molar refractivity (Wildman–Crippen MR) is 90.1 cm³/mol. The molecule has 1 heterocycles. The van der Waals surface area contributed by atoms with Crippen molar-refractivity contribution < 1.29 is 14.4 Å². The number of hydrogen-bond donors (Lipinski definition) is 1. The van der Waals surface area contributed by atoms with Gasteiger partial charge in [-0.3, -0.25) is 10.1 Å². The molecule has 2 unspecified atom stereocenters. The molecule has 1 aliphatic rings. The predicted octanol–water partition coefficient (Wildman–Crippen LogP) is 4.00. The first kappa shape index (κ1) is 17.5. The third kappa shape index (κ3) is 4.34. The molecule has 0 radical (unpaired) electrons. The number of nitrogens with zero attached hydrogens (tertiary/aromatic N) is 1. The van der Waals surface area contributed by atoms with Gasteiger partial charge in [0.15, 0.2) is 5.75 Å². The topological polar surface area (TPSA) is 73.6 Å². The van der Waals surface area contributed by atoms with E-state index in [0.717, 1.165) is 38.0 Å². The van der Waals surface area contributed by atoms with E-state index in [1.54, 1.807) is 12.1 Å². The highest BCUT2D eigenvalue weighted by atomic mass is 16.6. The van der Waals surface area contributed by atoms with Crippen LogP contribution in [-0.2, 0) is 4.74 Å². The van der Waals surface area contributed by atoms with Crippen molar-refractivity contribution in [1.82, 2.24) is 0 Å². The molecule has 0 amide bonds. The molecule has 1 fully saturated rings. The monoisotopic (exact) mass is 322 g/mol. The van der Waals surface area contributed by atoms with Crippen LogP contribution in [0.2, 0.25) is 0 Å². The van der Waals surface area contributed by atoms with Gasteiger partial charge < -0.3 is 14.8 Å². The van der Waals surface area contributed by atoms with Crippen molar-refractivity contribution >= 4 is 11.4 Å². The highest BCUT2D eigenvalue weighted by molar-refractivity contribution is 5.58. The molecule has 0 spiro atoms. The summed E-state index contributed by atoms with van der Waals surface area (Å²) in [6, 6.07) is 5.24. The molecule has 0 bridgehead atoms. The van der Waals surface area contributed by atoms with Gasteiger partial charge in [0.25, 0.3) is 0 Å². The van der Waals surface area contributed by atoms with Crippen LogP contribution in [-0.4, -0.2) is 30.8 Å². The highest BCUT2D eigenvalue weighted by Gasteiger charge is 2.27. The van der Waals surface area contributed by atoms with Crippen LogP contribution < -0.4 is 10.1 Å². The molecular weight excluding hydrogens is 296 g/mol. The quantitative estimate of drug-likeness (QED) is 0.606. The summed E-state index contributed by atoms with van der Waals surface area (Å²) in [5.74, 6) is 0.870. The fourth-order valence-corrected chi connectivity index (χ4v) is 3.26. The molecule has 1 aliphatic heterocycles. The van der Waals surface area contributed by atoms with Crippen molar-refractivity contribution in [1.29, 1.82) is 0 Å². The van der Waals surface area contributed by atoms with Crippen LogP contribution in [0.5, 0.6) is 5.75 Å². The summed E-state index contributed by atoms with van der Waals surface area (Å²) < 4.78 is 11.1. The van der Waals surface area contributed by atoms with Crippen molar-refractivity contribution in [2.45, 2.75) is 51.7 Å². The van der Waals surface area contributed by atoms with Gasteiger partial charge in [-0.25, -0.2) is 0 Å². The maximum atomic E-state index is 11.0. The number of rotatable bonds is 7. The number of anilines is 1. The summed E-state index contributed by atoms with van der Waals surface area (Å²) in [5, 5.41) is 14.4. The molecule has 1 aromatic carbocycles. The highest BCUT2D eigenvalue weighted by Crippen LogP contribution is 2.32. The van der Waals surface area contributed by atoms with Crippen LogP contribution in [0.25, 0.3) is 0 Å². The van der Waals surface area contributed by atoms with Crippen molar-refractivity contribution in [2.24, 2.45) is 5.92 Å². The normalized spacial score (nSPS) is 21.2. The third-order valence-electron chi connectivity index (χ3n) is 4.64. The molecular formula is C17H26N2O4. The Hall–Kier alpha value is -1.82. The number of nitro benzene ring substituents is 1. The Bertz CT molecular complexity index is 531. The van der Waals surface area contributed by atoms with Gasteiger partial charge in [-0.15, -0.1) is 0 Å². The summed E-state index contributed by atoms with van der Waals surface area (Å²) in [5.41, 5.74) is 0.836. The fourth-order valence-electron chi connectivity index (χ4n) is 3.26. The average Bonchev–Trinajstić information content (AvgIpc) is 2.56. The number of hydrogen-bond acceptors (Lipinski definition) is 5. The van der Waals surface area contributed by atoms with Gasteiger partial charge in [0.1, 0.15) is 0 Å². The molecule has 2 rings (SSSR count). The molecule has 1 aromatic rings. The van der Waals surface area contributed by atoms with E-state index >= 15 is 0 Å². The molecule has 1 N–H and O–H groups in total. The number of nitro groups is 1. The molecule has 23 heavy (non-hydrogen) atoms. The van der Waals surface area contributed by atoms with E-state index in [9.17, 15) is 10.1 Å². The maximum Gasteiger partial charge on any atom is 0.311 e. The van der Waals surface area contributed by atoms with E-state index in [0.29, 0.717) is 12.0 Å². The second-order valence-corrected chi connectivity index (χ2v) is 6.00. The number of benzene rings is 1. The second kappa shape index (κ2) is 8.15. The average molecular weight is 322 g/mol. The minimum absolute atomic E-state index is 0.0139. The number of nitrogens with one attached hydrogen (secondary N) is 1. The molecule has 0 aromatic heterocycles. The molecule has 0 saturated carbocycles. The zero-order chi connectivity index (χ0) is 16.8. The van der Waals surface area contributed by atoms with E-state index in [-0.39, 0.29) is 17.5 Å². The van der Waals surface area contributed by atoms with Crippen LogP contribution in [0.3, 0.4) is 0 Å². The summed E-state index contributed by atoms with van der Waals surface area (Å²) in [6.45, 7) is 5.16. The Morgan fingerprint density at radius 3 is 2.78 bits per heavy atom. The van der Waals surface area contributed by atoms with Crippen LogP contribution >= 0.6 is 0 Å². The molecule has 6 nitrogen and oxygen atoms in total. The van der Waals surface area contributed by atoms with Crippen LogP contribution in [0.15, 0.2) is 18.2 Å². The van der Waals surface area contributed by atoms with Gasteiger partial charge in [-0.05, 0) is 24.8 Å². The molecule has 6 heteroatoms. The maximum absolute atomic E-state index is 11.0. The van der Waals surface area contributed by atoms with E-state index in [1.165, 1.54) is 13.2 Å². The largest absolute Gasteiger partial charge is 0.490 e. The van der Waals surface area contributed by atoms with Crippen LogP contribution in [0, 0.1) is 16.0 Å². The summed E-state index contributed by atoms with van der Waals surface area (Å²) in [7, 11) is 1.45. The Morgan fingerprint density at radius 2 is 2.17 bits per heavy atom. The van der Waals surface area contributed by atoms with Crippen molar-refractivity contribution in [2.75, 3.05) is 19.0 Å². The second-order valence-electron chi connectivity index (χ2n) is 6.00. The summed E-state index contributed by atoms with van der Waals surface area (Å²) >= 11 is 0. The first-order valence-corrected chi connectivity index (χ1v) is 8.29. The van der Waals surface area contributed by atoms with Crippen molar-refractivity contribution in [3.8, 4) is 5.75 Å². The van der Waals surface area contributed by atoms with E-state index in [1.807, 2.05) is 0 Å². The number of ether oxygens (including phenoxy) is 2. The van der Waals surface area contributed by atoms with Gasteiger partial charge in [0, 0.05) is 30.5 Å². The van der Waals surface area contributed by atoms with Crippen LogP contribution in [0.1, 0.15) is 39.5 Å². The lowest BCUT2D eigenvalue weighted by Crippen LogP contribution is -2.37.